The van der Waals surface area contributed by atoms with Crippen molar-refractivity contribution in [3.63, 3.8) is 0 Å². The molecule has 0 aromatic heterocycles. The van der Waals surface area contributed by atoms with Crippen molar-refractivity contribution in [2.75, 3.05) is 20.8 Å². The van der Waals surface area contributed by atoms with Crippen LogP contribution in [0.15, 0.2) is 78.9 Å². The van der Waals surface area contributed by atoms with Crippen molar-refractivity contribution in [3.8, 4) is 11.5 Å². The van der Waals surface area contributed by atoms with Gasteiger partial charge in [-0.25, -0.2) is 0 Å². The van der Waals surface area contributed by atoms with Crippen LogP contribution in [0, 0.1) is 0 Å². The maximum atomic E-state index is 12.4. The van der Waals surface area contributed by atoms with Crippen molar-refractivity contribution >= 4 is 6.29 Å². The second kappa shape index (κ2) is 11.2. The molecule has 0 spiro atoms. The lowest BCUT2D eigenvalue weighted by atomic mass is 9.82. The first-order chi connectivity index (χ1) is 16.2. The van der Waals surface area contributed by atoms with E-state index in [-0.39, 0.29) is 12.0 Å². The highest BCUT2D eigenvalue weighted by Gasteiger charge is 2.32. The fraction of sp³-hybridized carbons (Fsp3) is 0.345. The molecule has 4 nitrogen and oxygen atoms in total. The first kappa shape index (κ1) is 23.1. The van der Waals surface area contributed by atoms with E-state index in [1.807, 2.05) is 18.2 Å². The third-order valence-corrected chi connectivity index (χ3v) is 6.82. The van der Waals surface area contributed by atoms with Crippen molar-refractivity contribution < 1.29 is 14.3 Å². The van der Waals surface area contributed by atoms with Crippen molar-refractivity contribution in [1.82, 2.24) is 4.90 Å². The number of piperidine rings is 1. The maximum Gasteiger partial charge on any atom is 0.161 e. The van der Waals surface area contributed by atoms with E-state index in [1.165, 1.54) is 17.5 Å². The van der Waals surface area contributed by atoms with Gasteiger partial charge in [-0.3, -0.25) is 4.90 Å². The molecule has 172 valence electrons. The average Bonchev–Trinajstić information content (AvgIpc) is 2.89. The number of methoxy groups -OCH3 is 2. The number of hydrogen-bond acceptors (Lipinski definition) is 4. The number of benzene rings is 3. The lowest BCUT2D eigenvalue weighted by molar-refractivity contribution is -0.114. The summed E-state index contributed by atoms with van der Waals surface area (Å²) in [5.74, 6) is 1.62. The van der Waals surface area contributed by atoms with Crippen LogP contribution in [-0.2, 0) is 4.79 Å². The lowest BCUT2D eigenvalue weighted by Gasteiger charge is -2.41. The highest BCUT2D eigenvalue weighted by molar-refractivity contribution is 5.63. The first-order valence-corrected chi connectivity index (χ1v) is 11.8. The third kappa shape index (κ3) is 5.28. The summed E-state index contributed by atoms with van der Waals surface area (Å²) in [7, 11) is 3.26. The molecule has 4 heteroatoms. The topological polar surface area (TPSA) is 38.8 Å². The highest BCUT2D eigenvalue weighted by atomic mass is 16.5. The molecule has 2 unspecified atom stereocenters. The van der Waals surface area contributed by atoms with Gasteiger partial charge in [0, 0.05) is 12.0 Å². The smallest absolute Gasteiger partial charge is 0.161 e. The van der Waals surface area contributed by atoms with Gasteiger partial charge in [-0.05, 0) is 54.6 Å². The lowest BCUT2D eigenvalue weighted by Crippen LogP contribution is -2.43. The predicted octanol–water partition coefficient (Wildman–Crippen LogP) is 6.02. The van der Waals surface area contributed by atoms with Crippen LogP contribution in [0.25, 0.3) is 0 Å². The minimum atomic E-state index is -0.303. The molecule has 4 rings (SSSR count). The van der Waals surface area contributed by atoms with Crippen LogP contribution in [-0.4, -0.2) is 38.0 Å². The second-order valence-corrected chi connectivity index (χ2v) is 8.69. The minimum Gasteiger partial charge on any atom is -0.493 e. The molecule has 0 aliphatic carbocycles. The number of carbonyl (C=O) groups excluding carboxylic acids is 1. The molecular formula is C29H33NO3. The van der Waals surface area contributed by atoms with Crippen LogP contribution in [0.1, 0.15) is 54.3 Å². The molecule has 1 heterocycles. The number of rotatable bonds is 9. The number of aldehydes is 1. The van der Waals surface area contributed by atoms with Gasteiger partial charge in [-0.15, -0.1) is 0 Å². The molecule has 1 saturated heterocycles. The Kier molecular flexibility index (Phi) is 7.79. The van der Waals surface area contributed by atoms with Crippen molar-refractivity contribution in [2.24, 2.45) is 0 Å². The van der Waals surface area contributed by atoms with Crippen molar-refractivity contribution in [2.45, 2.75) is 43.7 Å². The Bertz CT molecular complexity index is 982. The fourth-order valence-electron chi connectivity index (χ4n) is 5.13. The molecule has 2 atom stereocenters. The zero-order valence-corrected chi connectivity index (χ0v) is 19.5. The molecule has 1 aliphatic heterocycles. The molecule has 1 fully saturated rings. The molecule has 33 heavy (non-hydrogen) atoms. The maximum absolute atomic E-state index is 12.4. The summed E-state index contributed by atoms with van der Waals surface area (Å²) >= 11 is 0. The largest absolute Gasteiger partial charge is 0.493 e. The molecule has 3 aromatic carbocycles. The van der Waals surface area contributed by atoms with E-state index in [0.717, 1.165) is 37.7 Å². The highest BCUT2D eigenvalue weighted by Crippen LogP contribution is 2.38. The van der Waals surface area contributed by atoms with Crippen LogP contribution < -0.4 is 9.47 Å². The summed E-state index contributed by atoms with van der Waals surface area (Å²) in [6, 6.07) is 27.3. The van der Waals surface area contributed by atoms with Crippen LogP contribution in [0.5, 0.6) is 11.5 Å². The Morgan fingerprint density at radius 2 is 1.48 bits per heavy atom. The summed E-state index contributed by atoms with van der Waals surface area (Å²) in [6.45, 7) is 0.915. The predicted molar refractivity (Wildman–Crippen MR) is 132 cm³/mol. The van der Waals surface area contributed by atoms with Gasteiger partial charge < -0.3 is 14.3 Å². The minimum absolute atomic E-state index is 0.288. The van der Waals surface area contributed by atoms with Gasteiger partial charge in [0.05, 0.1) is 20.3 Å². The van der Waals surface area contributed by atoms with Crippen LogP contribution >= 0.6 is 0 Å². The average molecular weight is 444 g/mol. The molecular weight excluding hydrogens is 410 g/mol. The second-order valence-electron chi connectivity index (χ2n) is 8.69. The summed E-state index contributed by atoms with van der Waals surface area (Å²) in [5.41, 5.74) is 3.59. The third-order valence-electron chi connectivity index (χ3n) is 6.82. The van der Waals surface area contributed by atoms with Gasteiger partial charge in [-0.2, -0.15) is 0 Å². The molecule has 0 radical (unpaired) electrons. The van der Waals surface area contributed by atoms with Crippen molar-refractivity contribution in [1.29, 1.82) is 0 Å². The Hall–Kier alpha value is -3.11. The molecule has 0 N–H and O–H groups in total. The normalized spacial score (nSPS) is 17.5. The number of carbonyl (C=O) groups is 1. The van der Waals surface area contributed by atoms with Crippen LogP contribution in [0.2, 0.25) is 0 Å². The molecule has 0 amide bonds. The van der Waals surface area contributed by atoms with Gasteiger partial charge in [-0.1, -0.05) is 73.2 Å². The van der Waals surface area contributed by atoms with Gasteiger partial charge in [0.2, 0.25) is 0 Å². The quantitative estimate of drug-likeness (QED) is 0.379. The number of nitrogens with zero attached hydrogens (tertiary/aromatic N) is 1. The SMILES string of the molecule is COc1ccc(C(C=O)N2CCCCC2CC(c2ccccc2)c2ccccc2)cc1OC. The summed E-state index contributed by atoms with van der Waals surface area (Å²) in [4.78, 5) is 14.8. The number of likely N-dealkylation sites (tertiary alicyclic amines) is 1. The standard InChI is InChI=1S/C29H33NO3/c1-32-28-17-16-24(19-29(28)33-2)27(21-31)30-18-10-9-15-25(30)20-26(22-11-5-3-6-12-22)23-13-7-4-8-14-23/h3-8,11-14,16-17,19,21,25-27H,9-10,15,18,20H2,1-2H3. The first-order valence-electron chi connectivity index (χ1n) is 11.8. The van der Waals surface area contributed by atoms with Crippen molar-refractivity contribution in [3.05, 3.63) is 95.6 Å². The van der Waals surface area contributed by atoms with E-state index in [1.54, 1.807) is 14.2 Å². The molecule has 0 bridgehead atoms. The fourth-order valence-corrected chi connectivity index (χ4v) is 5.13. The van der Waals surface area contributed by atoms with Gasteiger partial charge in [0.25, 0.3) is 0 Å². The van der Waals surface area contributed by atoms with Gasteiger partial charge in [0.15, 0.2) is 11.5 Å². The molecule has 0 saturated carbocycles. The van der Waals surface area contributed by atoms with Crippen LogP contribution in [0.4, 0.5) is 0 Å². The Balaban J connectivity index is 1.65. The summed E-state index contributed by atoms with van der Waals surface area (Å²) in [6.07, 6.45) is 5.45. The van der Waals surface area contributed by atoms with E-state index in [4.69, 9.17) is 9.47 Å². The van der Waals surface area contributed by atoms with E-state index >= 15 is 0 Å². The van der Waals surface area contributed by atoms with E-state index < -0.39 is 0 Å². The zero-order valence-electron chi connectivity index (χ0n) is 19.5. The molecule has 3 aromatic rings. The van der Waals surface area contributed by atoms with E-state index in [0.29, 0.717) is 17.5 Å². The number of ether oxygens (including phenoxy) is 2. The monoisotopic (exact) mass is 443 g/mol. The molecule has 1 aliphatic rings. The van der Waals surface area contributed by atoms with Crippen LogP contribution in [0.3, 0.4) is 0 Å². The Labute approximate surface area is 197 Å². The number of hydrogen-bond donors (Lipinski definition) is 0. The Morgan fingerprint density at radius 1 is 0.848 bits per heavy atom. The summed E-state index contributed by atoms with van der Waals surface area (Å²) in [5, 5.41) is 0. The van der Waals surface area contributed by atoms with Gasteiger partial charge >= 0.3 is 0 Å². The Morgan fingerprint density at radius 3 is 2.06 bits per heavy atom. The van der Waals surface area contributed by atoms with E-state index in [9.17, 15) is 4.79 Å². The van der Waals surface area contributed by atoms with E-state index in [2.05, 4.69) is 65.6 Å². The summed E-state index contributed by atoms with van der Waals surface area (Å²) < 4.78 is 10.9. The zero-order chi connectivity index (χ0) is 23.0. The van der Waals surface area contributed by atoms with Gasteiger partial charge in [0.1, 0.15) is 6.29 Å².